The number of aryl methyl sites for hydroxylation is 1. The van der Waals surface area contributed by atoms with E-state index >= 15 is 0 Å². The molecule has 0 spiro atoms. The molecular formula is C17H26N4O2. The third kappa shape index (κ3) is 3.87. The molecule has 3 heterocycles. The molecule has 1 amide bonds. The van der Waals surface area contributed by atoms with E-state index in [-0.39, 0.29) is 18.1 Å². The van der Waals surface area contributed by atoms with Crippen molar-refractivity contribution in [2.75, 3.05) is 19.7 Å². The first-order valence-electron chi connectivity index (χ1n) is 8.64. The Hall–Kier alpha value is -1.53. The summed E-state index contributed by atoms with van der Waals surface area (Å²) in [6, 6.07) is -0.149. The molecule has 0 radical (unpaired) electrons. The van der Waals surface area contributed by atoms with Crippen molar-refractivity contribution < 1.29 is 9.53 Å². The molecule has 1 saturated heterocycles. The van der Waals surface area contributed by atoms with Crippen LogP contribution in [0.1, 0.15) is 43.8 Å². The van der Waals surface area contributed by atoms with Gasteiger partial charge in [0.05, 0.1) is 17.8 Å². The lowest BCUT2D eigenvalue weighted by atomic mass is 10.0. The van der Waals surface area contributed by atoms with Gasteiger partial charge in [-0.25, -0.2) is 9.97 Å². The molecule has 6 nitrogen and oxygen atoms in total. The number of rotatable bonds is 5. The second kappa shape index (κ2) is 7.36. The Labute approximate surface area is 137 Å². The summed E-state index contributed by atoms with van der Waals surface area (Å²) in [5, 5.41) is 3.03. The molecule has 0 aromatic carbocycles. The van der Waals surface area contributed by atoms with E-state index in [9.17, 15) is 4.79 Å². The minimum atomic E-state index is -0.149. The molecular weight excluding hydrogens is 292 g/mol. The number of ether oxygens (including phenoxy) is 1. The highest BCUT2D eigenvalue weighted by atomic mass is 16.5. The molecule has 6 heteroatoms. The lowest BCUT2D eigenvalue weighted by molar-refractivity contribution is -0.126. The zero-order valence-corrected chi connectivity index (χ0v) is 14.0. The Morgan fingerprint density at radius 3 is 3.17 bits per heavy atom. The van der Waals surface area contributed by atoms with Crippen LogP contribution in [0.25, 0.3) is 0 Å². The van der Waals surface area contributed by atoms with Crippen molar-refractivity contribution in [2.45, 2.75) is 58.2 Å². The van der Waals surface area contributed by atoms with Gasteiger partial charge in [0.25, 0.3) is 0 Å². The maximum Gasteiger partial charge on any atom is 0.237 e. The number of fused-ring (bicyclic) bond motifs is 1. The number of hydrogen-bond acceptors (Lipinski definition) is 5. The summed E-state index contributed by atoms with van der Waals surface area (Å²) < 4.78 is 5.56. The van der Waals surface area contributed by atoms with Crippen molar-refractivity contribution in [3.8, 4) is 0 Å². The number of nitrogens with one attached hydrogen (secondary N) is 1. The molecule has 23 heavy (non-hydrogen) atoms. The summed E-state index contributed by atoms with van der Waals surface area (Å²) in [5.41, 5.74) is 2.28. The lowest BCUT2D eigenvalue weighted by Crippen LogP contribution is -2.48. The molecule has 0 unspecified atom stereocenters. The molecule has 0 bridgehead atoms. The van der Waals surface area contributed by atoms with Gasteiger partial charge in [0.1, 0.15) is 5.82 Å². The third-order valence-corrected chi connectivity index (χ3v) is 4.80. The van der Waals surface area contributed by atoms with Crippen LogP contribution in [0, 0.1) is 0 Å². The smallest absolute Gasteiger partial charge is 0.237 e. The van der Waals surface area contributed by atoms with Crippen LogP contribution in [0.5, 0.6) is 0 Å². The van der Waals surface area contributed by atoms with E-state index in [0.29, 0.717) is 6.54 Å². The average molecular weight is 318 g/mol. The first-order chi connectivity index (χ1) is 11.2. The number of nitrogens with zero attached hydrogens (tertiary/aromatic N) is 3. The summed E-state index contributed by atoms with van der Waals surface area (Å²) >= 11 is 0. The zero-order chi connectivity index (χ0) is 16.2. The standard InChI is InChI=1S/C17H26N4O2/c1-3-16-18-9-13-6-7-21(11-15(13)20-16)12(2)17(22)19-10-14-5-4-8-23-14/h9,12,14H,3-8,10-11H2,1-2H3,(H,19,22)/t12-,14+/m0/s1. The van der Waals surface area contributed by atoms with E-state index in [1.54, 1.807) is 0 Å². The summed E-state index contributed by atoms with van der Waals surface area (Å²) in [7, 11) is 0. The monoisotopic (exact) mass is 318 g/mol. The molecule has 0 saturated carbocycles. The Balaban J connectivity index is 1.56. The molecule has 2 aliphatic heterocycles. The number of aromatic nitrogens is 2. The van der Waals surface area contributed by atoms with Gasteiger partial charge in [-0.15, -0.1) is 0 Å². The van der Waals surface area contributed by atoms with Gasteiger partial charge < -0.3 is 10.1 Å². The molecule has 1 aromatic rings. The Kier molecular flexibility index (Phi) is 5.23. The first kappa shape index (κ1) is 16.3. The molecule has 2 atom stereocenters. The SMILES string of the molecule is CCc1ncc2c(n1)CN([C@@H](C)C(=O)NC[C@H]1CCCO1)CC2. The zero-order valence-electron chi connectivity index (χ0n) is 14.0. The van der Waals surface area contributed by atoms with E-state index in [1.165, 1.54) is 5.56 Å². The number of carbonyl (C=O) groups is 1. The Morgan fingerprint density at radius 1 is 1.57 bits per heavy atom. The minimum absolute atomic E-state index is 0.0775. The summed E-state index contributed by atoms with van der Waals surface area (Å²) in [5.74, 6) is 0.954. The predicted octanol–water partition coefficient (Wildman–Crippen LogP) is 1.08. The van der Waals surface area contributed by atoms with Crippen molar-refractivity contribution >= 4 is 5.91 Å². The number of amides is 1. The molecule has 1 N–H and O–H groups in total. The molecule has 0 aliphatic carbocycles. The third-order valence-electron chi connectivity index (χ3n) is 4.80. The normalized spacial score (nSPS) is 22.6. The van der Waals surface area contributed by atoms with E-state index in [0.717, 1.165) is 56.9 Å². The van der Waals surface area contributed by atoms with E-state index in [1.807, 2.05) is 13.1 Å². The van der Waals surface area contributed by atoms with Crippen LogP contribution in [0.3, 0.4) is 0 Å². The minimum Gasteiger partial charge on any atom is -0.376 e. The summed E-state index contributed by atoms with van der Waals surface area (Å²) in [6.45, 7) is 7.06. The van der Waals surface area contributed by atoms with E-state index in [2.05, 4.69) is 27.1 Å². The fourth-order valence-electron chi connectivity index (χ4n) is 3.20. The van der Waals surface area contributed by atoms with Gasteiger partial charge in [0.15, 0.2) is 0 Å². The van der Waals surface area contributed by atoms with Crippen molar-refractivity contribution in [2.24, 2.45) is 0 Å². The quantitative estimate of drug-likeness (QED) is 0.880. The van der Waals surface area contributed by atoms with E-state index in [4.69, 9.17) is 4.74 Å². The maximum absolute atomic E-state index is 12.4. The molecule has 1 fully saturated rings. The molecule has 3 rings (SSSR count). The Morgan fingerprint density at radius 2 is 2.43 bits per heavy atom. The maximum atomic E-state index is 12.4. The van der Waals surface area contributed by atoms with Gasteiger partial charge in [-0.05, 0) is 31.7 Å². The topological polar surface area (TPSA) is 67.4 Å². The van der Waals surface area contributed by atoms with Crippen LogP contribution in [0.15, 0.2) is 6.20 Å². The number of carbonyl (C=O) groups excluding carboxylic acids is 1. The largest absolute Gasteiger partial charge is 0.376 e. The van der Waals surface area contributed by atoms with Crippen LogP contribution < -0.4 is 5.32 Å². The van der Waals surface area contributed by atoms with Gasteiger partial charge >= 0.3 is 0 Å². The van der Waals surface area contributed by atoms with Crippen LogP contribution in [-0.2, 0) is 28.9 Å². The van der Waals surface area contributed by atoms with Crippen molar-refractivity contribution in [3.05, 3.63) is 23.3 Å². The highest BCUT2D eigenvalue weighted by molar-refractivity contribution is 5.81. The molecule has 126 valence electrons. The van der Waals surface area contributed by atoms with Crippen LogP contribution >= 0.6 is 0 Å². The summed E-state index contributed by atoms with van der Waals surface area (Å²) in [6.07, 6.45) is 6.02. The van der Waals surface area contributed by atoms with Gasteiger partial charge in [-0.1, -0.05) is 6.92 Å². The number of hydrogen-bond donors (Lipinski definition) is 1. The summed E-state index contributed by atoms with van der Waals surface area (Å²) in [4.78, 5) is 23.6. The molecule has 1 aromatic heterocycles. The van der Waals surface area contributed by atoms with Crippen LogP contribution in [0.2, 0.25) is 0 Å². The molecule has 2 aliphatic rings. The van der Waals surface area contributed by atoms with Crippen molar-refractivity contribution in [3.63, 3.8) is 0 Å². The highest BCUT2D eigenvalue weighted by Crippen LogP contribution is 2.19. The predicted molar refractivity (Wildman–Crippen MR) is 87.0 cm³/mol. The van der Waals surface area contributed by atoms with Crippen molar-refractivity contribution in [1.29, 1.82) is 0 Å². The second-order valence-electron chi connectivity index (χ2n) is 6.39. The van der Waals surface area contributed by atoms with Gasteiger partial charge in [0.2, 0.25) is 5.91 Å². The average Bonchev–Trinajstić information content (AvgIpc) is 3.11. The van der Waals surface area contributed by atoms with Crippen LogP contribution in [0.4, 0.5) is 0 Å². The van der Waals surface area contributed by atoms with Crippen LogP contribution in [-0.4, -0.2) is 52.6 Å². The highest BCUT2D eigenvalue weighted by Gasteiger charge is 2.27. The van der Waals surface area contributed by atoms with E-state index < -0.39 is 0 Å². The van der Waals surface area contributed by atoms with Crippen molar-refractivity contribution in [1.82, 2.24) is 20.2 Å². The lowest BCUT2D eigenvalue weighted by Gasteiger charge is -2.32. The van der Waals surface area contributed by atoms with Gasteiger partial charge in [0, 0.05) is 38.9 Å². The van der Waals surface area contributed by atoms with Gasteiger partial charge in [-0.3, -0.25) is 9.69 Å². The Bertz CT molecular complexity index is 558. The van der Waals surface area contributed by atoms with Gasteiger partial charge in [-0.2, -0.15) is 0 Å². The fourth-order valence-corrected chi connectivity index (χ4v) is 3.20. The first-order valence-corrected chi connectivity index (χ1v) is 8.64. The fraction of sp³-hybridized carbons (Fsp3) is 0.706. The second-order valence-corrected chi connectivity index (χ2v) is 6.39.